The molecule has 0 bridgehead atoms. The van der Waals surface area contributed by atoms with Crippen LogP contribution in [0.5, 0.6) is 11.6 Å². The second-order valence-corrected chi connectivity index (χ2v) is 7.17. The van der Waals surface area contributed by atoms with Crippen molar-refractivity contribution < 1.29 is 14.3 Å². The molecule has 6 nitrogen and oxygen atoms in total. The molecular weight excluding hydrogens is 390 g/mol. The number of carbonyl (C=O) groups is 1. The van der Waals surface area contributed by atoms with Gasteiger partial charge in [0.2, 0.25) is 11.8 Å². The Bertz CT molecular complexity index is 961. The fourth-order valence-corrected chi connectivity index (χ4v) is 3.59. The van der Waals surface area contributed by atoms with Crippen molar-refractivity contribution in [3.05, 3.63) is 89.6 Å². The fourth-order valence-electron chi connectivity index (χ4n) is 3.59. The summed E-state index contributed by atoms with van der Waals surface area (Å²) in [6, 6.07) is 21.0. The van der Waals surface area contributed by atoms with Crippen LogP contribution >= 0.6 is 0 Å². The zero-order valence-corrected chi connectivity index (χ0v) is 18.2. The second kappa shape index (κ2) is 11.1. The Hall–Kier alpha value is -3.38. The van der Waals surface area contributed by atoms with Gasteiger partial charge in [-0.05, 0) is 42.2 Å². The lowest BCUT2D eigenvalue weighted by molar-refractivity contribution is -0.123. The molecule has 1 amide bonds. The highest BCUT2D eigenvalue weighted by molar-refractivity contribution is 5.83. The summed E-state index contributed by atoms with van der Waals surface area (Å²) >= 11 is 0. The molecule has 2 atom stereocenters. The summed E-state index contributed by atoms with van der Waals surface area (Å²) in [6.07, 6.45) is 3.28. The number of methoxy groups -OCH3 is 2. The number of benzene rings is 2. The van der Waals surface area contributed by atoms with Crippen molar-refractivity contribution in [1.82, 2.24) is 15.6 Å². The fraction of sp³-hybridized carbons (Fsp3) is 0.280. The van der Waals surface area contributed by atoms with Crippen molar-refractivity contribution in [2.24, 2.45) is 0 Å². The highest BCUT2D eigenvalue weighted by Gasteiger charge is 2.26. The highest BCUT2D eigenvalue weighted by Crippen LogP contribution is 2.29. The number of aromatic nitrogens is 1. The van der Waals surface area contributed by atoms with Crippen LogP contribution in [0.2, 0.25) is 0 Å². The van der Waals surface area contributed by atoms with E-state index in [1.54, 1.807) is 27.5 Å². The SMILES string of the molecule is CNC(=O)[C@H](N[C@@H](CCc1ccc(OC)cc1)c1cccnc1OC)c1ccccc1. The Kier molecular flexibility index (Phi) is 8.01. The standard InChI is InChI=1S/C25H29N3O3/c1-26-24(29)23(19-8-5-4-6-9-19)28-22(21-10-7-17-27-25(21)31-3)16-13-18-11-14-20(30-2)15-12-18/h4-12,14-15,17,22-23,28H,13,16H2,1-3H3,(H,26,29)/t22-,23+/m0/s1. The predicted molar refractivity (Wildman–Crippen MR) is 121 cm³/mol. The molecule has 0 spiro atoms. The molecule has 2 N–H and O–H groups in total. The summed E-state index contributed by atoms with van der Waals surface area (Å²) in [6.45, 7) is 0. The zero-order valence-electron chi connectivity index (χ0n) is 18.2. The van der Waals surface area contributed by atoms with Crippen LogP contribution in [0.3, 0.4) is 0 Å². The van der Waals surface area contributed by atoms with E-state index in [2.05, 4.69) is 27.8 Å². The maximum absolute atomic E-state index is 12.7. The first-order valence-electron chi connectivity index (χ1n) is 10.3. The molecule has 1 heterocycles. The lowest BCUT2D eigenvalue weighted by Crippen LogP contribution is -2.38. The number of hydrogen-bond donors (Lipinski definition) is 2. The Balaban J connectivity index is 1.89. The minimum absolute atomic E-state index is 0.0940. The Morgan fingerprint density at radius 2 is 1.71 bits per heavy atom. The maximum Gasteiger partial charge on any atom is 0.241 e. The minimum Gasteiger partial charge on any atom is -0.497 e. The summed E-state index contributed by atoms with van der Waals surface area (Å²) in [7, 11) is 4.92. The van der Waals surface area contributed by atoms with Crippen LogP contribution < -0.4 is 20.1 Å². The van der Waals surface area contributed by atoms with Gasteiger partial charge in [-0.1, -0.05) is 48.5 Å². The Morgan fingerprint density at radius 1 is 0.968 bits per heavy atom. The molecular formula is C25H29N3O3. The van der Waals surface area contributed by atoms with Crippen molar-refractivity contribution in [2.75, 3.05) is 21.3 Å². The van der Waals surface area contributed by atoms with Crippen LogP contribution in [-0.4, -0.2) is 32.2 Å². The molecule has 0 aliphatic carbocycles. The number of likely N-dealkylation sites (N-methyl/N-ethyl adjacent to an activating group) is 1. The number of rotatable bonds is 10. The van der Waals surface area contributed by atoms with E-state index in [-0.39, 0.29) is 11.9 Å². The monoisotopic (exact) mass is 419 g/mol. The van der Waals surface area contributed by atoms with Gasteiger partial charge in [0.05, 0.1) is 14.2 Å². The van der Waals surface area contributed by atoms with E-state index in [4.69, 9.17) is 9.47 Å². The molecule has 0 fully saturated rings. The predicted octanol–water partition coefficient (Wildman–Crippen LogP) is 3.85. The molecule has 3 rings (SSSR count). The number of ether oxygens (including phenoxy) is 2. The number of carbonyl (C=O) groups excluding carboxylic acids is 1. The number of nitrogens with zero attached hydrogens (tertiary/aromatic N) is 1. The average Bonchev–Trinajstić information content (AvgIpc) is 2.84. The normalized spacial score (nSPS) is 12.6. The molecule has 0 aliphatic rings. The van der Waals surface area contributed by atoms with E-state index in [9.17, 15) is 4.79 Å². The van der Waals surface area contributed by atoms with Gasteiger partial charge < -0.3 is 14.8 Å². The number of aryl methyl sites for hydroxylation is 1. The van der Waals surface area contributed by atoms with Crippen LogP contribution in [-0.2, 0) is 11.2 Å². The average molecular weight is 420 g/mol. The first kappa shape index (κ1) is 22.3. The summed E-state index contributed by atoms with van der Waals surface area (Å²) in [5.74, 6) is 1.29. The maximum atomic E-state index is 12.7. The highest BCUT2D eigenvalue weighted by atomic mass is 16.5. The summed E-state index contributed by atoms with van der Waals surface area (Å²) in [5.41, 5.74) is 3.01. The molecule has 0 aliphatic heterocycles. The number of nitrogens with one attached hydrogen (secondary N) is 2. The van der Waals surface area contributed by atoms with Crippen LogP contribution in [0.4, 0.5) is 0 Å². The van der Waals surface area contributed by atoms with Gasteiger partial charge in [-0.3, -0.25) is 10.1 Å². The van der Waals surface area contributed by atoms with E-state index in [0.717, 1.165) is 29.7 Å². The van der Waals surface area contributed by atoms with Crippen molar-refractivity contribution in [3.63, 3.8) is 0 Å². The van der Waals surface area contributed by atoms with E-state index in [1.807, 2.05) is 54.6 Å². The van der Waals surface area contributed by atoms with Gasteiger partial charge >= 0.3 is 0 Å². The Labute approximate surface area is 183 Å². The van der Waals surface area contributed by atoms with Gasteiger partial charge in [-0.25, -0.2) is 4.98 Å². The van der Waals surface area contributed by atoms with Gasteiger partial charge in [0.15, 0.2) is 0 Å². The molecule has 0 radical (unpaired) electrons. The van der Waals surface area contributed by atoms with Gasteiger partial charge in [0.1, 0.15) is 11.8 Å². The van der Waals surface area contributed by atoms with Crippen LogP contribution in [0.25, 0.3) is 0 Å². The zero-order chi connectivity index (χ0) is 22.1. The van der Waals surface area contributed by atoms with E-state index in [1.165, 1.54) is 5.56 Å². The number of hydrogen-bond acceptors (Lipinski definition) is 5. The smallest absolute Gasteiger partial charge is 0.241 e. The lowest BCUT2D eigenvalue weighted by Gasteiger charge is -2.26. The number of pyridine rings is 1. The summed E-state index contributed by atoms with van der Waals surface area (Å²) in [4.78, 5) is 17.1. The van der Waals surface area contributed by atoms with Crippen molar-refractivity contribution in [3.8, 4) is 11.6 Å². The number of amides is 1. The topological polar surface area (TPSA) is 72.5 Å². The quantitative estimate of drug-likeness (QED) is 0.522. The second-order valence-electron chi connectivity index (χ2n) is 7.17. The van der Waals surface area contributed by atoms with Gasteiger partial charge in [-0.15, -0.1) is 0 Å². The van der Waals surface area contributed by atoms with E-state index < -0.39 is 6.04 Å². The first-order chi connectivity index (χ1) is 15.2. The van der Waals surface area contributed by atoms with Crippen LogP contribution in [0.1, 0.15) is 35.2 Å². The Morgan fingerprint density at radius 3 is 2.35 bits per heavy atom. The molecule has 0 saturated heterocycles. The molecule has 162 valence electrons. The molecule has 3 aromatic rings. The minimum atomic E-state index is -0.503. The van der Waals surface area contributed by atoms with Crippen molar-refractivity contribution >= 4 is 5.91 Å². The largest absolute Gasteiger partial charge is 0.497 e. The van der Waals surface area contributed by atoms with Crippen molar-refractivity contribution in [1.29, 1.82) is 0 Å². The third kappa shape index (κ3) is 5.83. The van der Waals surface area contributed by atoms with Crippen molar-refractivity contribution in [2.45, 2.75) is 24.9 Å². The van der Waals surface area contributed by atoms with Gasteiger partial charge in [0.25, 0.3) is 0 Å². The third-order valence-corrected chi connectivity index (χ3v) is 5.26. The first-order valence-corrected chi connectivity index (χ1v) is 10.3. The molecule has 0 saturated carbocycles. The molecule has 0 unspecified atom stereocenters. The van der Waals surface area contributed by atoms with Crippen LogP contribution in [0.15, 0.2) is 72.9 Å². The summed E-state index contributed by atoms with van der Waals surface area (Å²) in [5, 5.41) is 6.32. The van der Waals surface area contributed by atoms with Gasteiger partial charge in [0, 0.05) is 24.8 Å². The molecule has 1 aromatic heterocycles. The van der Waals surface area contributed by atoms with Gasteiger partial charge in [-0.2, -0.15) is 0 Å². The van der Waals surface area contributed by atoms with E-state index in [0.29, 0.717) is 5.88 Å². The lowest BCUT2D eigenvalue weighted by atomic mass is 9.97. The van der Waals surface area contributed by atoms with E-state index >= 15 is 0 Å². The molecule has 6 heteroatoms. The molecule has 31 heavy (non-hydrogen) atoms. The summed E-state index contributed by atoms with van der Waals surface area (Å²) < 4.78 is 10.8. The van der Waals surface area contributed by atoms with Crippen LogP contribution in [0, 0.1) is 0 Å². The third-order valence-electron chi connectivity index (χ3n) is 5.26. The molecule has 2 aromatic carbocycles.